The topological polar surface area (TPSA) is 46.4 Å². The molecule has 4 nitrogen and oxygen atoms in total. The van der Waals surface area contributed by atoms with Gasteiger partial charge in [-0.2, -0.15) is 5.10 Å². The molecule has 0 saturated heterocycles. The quantitative estimate of drug-likeness (QED) is 0.355. The van der Waals surface area contributed by atoms with Crippen LogP contribution in [0.5, 0.6) is 0 Å². The minimum absolute atomic E-state index is 0.281. The molecule has 0 unspecified atom stereocenters. The Hall–Kier alpha value is -3.73. The number of benzene rings is 3. The highest BCUT2D eigenvalue weighted by molar-refractivity contribution is 6.03. The Balaban J connectivity index is 1.57. The molecule has 1 heterocycles. The van der Waals surface area contributed by atoms with Crippen LogP contribution < -0.4 is 5.43 Å². The largest absolute Gasteiger partial charge is 0.318 e. The van der Waals surface area contributed by atoms with Crippen LogP contribution in [0, 0.1) is 19.7 Å². The number of fused-ring (bicyclic) bond motifs is 1. The fraction of sp³-hybridized carbons (Fsp3) is 0.120. The lowest BCUT2D eigenvalue weighted by molar-refractivity contribution is 0.0954. The number of aromatic nitrogens is 1. The highest BCUT2D eigenvalue weighted by Gasteiger charge is 2.16. The molecule has 1 amide bonds. The molecule has 0 radical (unpaired) electrons. The Morgan fingerprint density at radius 2 is 1.63 bits per heavy atom. The molecule has 0 aliphatic rings. The van der Waals surface area contributed by atoms with Gasteiger partial charge in [0.1, 0.15) is 5.82 Å². The summed E-state index contributed by atoms with van der Waals surface area (Å²) in [6.07, 6.45) is 0. The molecule has 4 aromatic rings. The third-order valence-electron chi connectivity index (χ3n) is 5.25. The number of aryl methyl sites for hydroxylation is 1. The van der Waals surface area contributed by atoms with E-state index >= 15 is 0 Å². The van der Waals surface area contributed by atoms with Crippen molar-refractivity contribution in [1.29, 1.82) is 0 Å². The van der Waals surface area contributed by atoms with Crippen molar-refractivity contribution in [3.05, 3.63) is 101 Å². The fourth-order valence-electron chi connectivity index (χ4n) is 3.65. The van der Waals surface area contributed by atoms with E-state index in [1.54, 1.807) is 12.1 Å². The van der Waals surface area contributed by atoms with Gasteiger partial charge in [0.05, 0.1) is 11.3 Å². The Kier molecular flexibility index (Phi) is 5.19. The zero-order valence-electron chi connectivity index (χ0n) is 17.1. The highest BCUT2D eigenvalue weighted by atomic mass is 19.1. The van der Waals surface area contributed by atoms with E-state index in [0.29, 0.717) is 5.56 Å². The van der Waals surface area contributed by atoms with Crippen LogP contribution in [-0.2, 0) is 0 Å². The average molecular weight is 399 g/mol. The van der Waals surface area contributed by atoms with Gasteiger partial charge in [0, 0.05) is 17.1 Å². The zero-order chi connectivity index (χ0) is 21.3. The summed E-state index contributed by atoms with van der Waals surface area (Å²) in [4.78, 5) is 12.8. The van der Waals surface area contributed by atoms with Crippen molar-refractivity contribution < 1.29 is 9.18 Å². The summed E-state index contributed by atoms with van der Waals surface area (Å²) >= 11 is 0. The van der Waals surface area contributed by atoms with Crippen molar-refractivity contribution in [3.63, 3.8) is 0 Å². The van der Waals surface area contributed by atoms with Crippen molar-refractivity contribution in [2.24, 2.45) is 5.10 Å². The smallest absolute Gasteiger partial charge is 0.273 e. The molecule has 0 bridgehead atoms. The number of nitrogens with zero attached hydrogens (tertiary/aromatic N) is 2. The Morgan fingerprint density at radius 3 is 2.37 bits per heavy atom. The molecular formula is C25H22FN3O. The van der Waals surface area contributed by atoms with E-state index in [4.69, 9.17) is 0 Å². The molecule has 30 heavy (non-hydrogen) atoms. The van der Waals surface area contributed by atoms with Gasteiger partial charge in [-0.1, -0.05) is 36.4 Å². The maximum Gasteiger partial charge on any atom is 0.273 e. The van der Waals surface area contributed by atoms with Gasteiger partial charge in [0.15, 0.2) is 0 Å². The molecule has 3 aromatic carbocycles. The van der Waals surface area contributed by atoms with Crippen LogP contribution in [0.1, 0.15) is 34.2 Å². The monoisotopic (exact) mass is 399 g/mol. The number of halogens is 1. The van der Waals surface area contributed by atoms with Gasteiger partial charge >= 0.3 is 0 Å². The second kappa shape index (κ2) is 7.95. The van der Waals surface area contributed by atoms with E-state index in [2.05, 4.69) is 28.7 Å². The lowest BCUT2D eigenvalue weighted by Gasteiger charge is -2.10. The molecule has 0 aliphatic carbocycles. The molecule has 0 fully saturated rings. The predicted octanol–water partition coefficient (Wildman–Crippen LogP) is 5.54. The van der Waals surface area contributed by atoms with Crippen LogP contribution in [0.25, 0.3) is 16.5 Å². The summed E-state index contributed by atoms with van der Waals surface area (Å²) < 4.78 is 15.2. The standard InChI is InChI=1S/C25H22FN3O/c1-16-14-24(18(3)29(16)23-12-10-22(26)11-13-23)25(30)28-27-17(2)20-9-8-19-6-4-5-7-21(19)15-20/h4-15H,1-3H3,(H,28,30). The minimum Gasteiger partial charge on any atom is -0.318 e. The number of hydrogen-bond acceptors (Lipinski definition) is 2. The first-order chi connectivity index (χ1) is 14.4. The van der Waals surface area contributed by atoms with Gasteiger partial charge in [-0.15, -0.1) is 0 Å². The molecule has 0 atom stereocenters. The van der Waals surface area contributed by atoms with Crippen LogP contribution in [0.3, 0.4) is 0 Å². The maximum atomic E-state index is 13.3. The van der Waals surface area contributed by atoms with Crippen LogP contribution in [-0.4, -0.2) is 16.2 Å². The molecule has 0 aliphatic heterocycles. The first kappa shape index (κ1) is 19.6. The lowest BCUT2D eigenvalue weighted by Crippen LogP contribution is -2.20. The molecule has 1 N–H and O–H groups in total. The number of carbonyl (C=O) groups excluding carboxylic acids is 1. The third-order valence-corrected chi connectivity index (χ3v) is 5.25. The first-order valence-corrected chi connectivity index (χ1v) is 9.73. The Bertz CT molecular complexity index is 1270. The molecule has 0 saturated carbocycles. The van der Waals surface area contributed by atoms with E-state index in [9.17, 15) is 9.18 Å². The molecule has 4 rings (SSSR count). The minimum atomic E-state index is -0.294. The van der Waals surface area contributed by atoms with Gasteiger partial charge < -0.3 is 4.57 Å². The third kappa shape index (κ3) is 3.74. The number of hydrazone groups is 1. The second-order valence-electron chi connectivity index (χ2n) is 7.30. The maximum absolute atomic E-state index is 13.3. The second-order valence-corrected chi connectivity index (χ2v) is 7.30. The molecule has 0 spiro atoms. The lowest BCUT2D eigenvalue weighted by atomic mass is 10.0. The summed E-state index contributed by atoms with van der Waals surface area (Å²) in [5, 5.41) is 6.58. The van der Waals surface area contributed by atoms with Crippen LogP contribution in [0.4, 0.5) is 4.39 Å². The van der Waals surface area contributed by atoms with E-state index in [1.807, 2.05) is 55.7 Å². The summed E-state index contributed by atoms with van der Waals surface area (Å²) in [5.41, 5.74) is 7.34. The van der Waals surface area contributed by atoms with E-state index in [-0.39, 0.29) is 11.7 Å². The summed E-state index contributed by atoms with van der Waals surface area (Å²) in [6.45, 7) is 5.65. The van der Waals surface area contributed by atoms with Gasteiger partial charge in [0.2, 0.25) is 0 Å². The van der Waals surface area contributed by atoms with Crippen LogP contribution in [0.2, 0.25) is 0 Å². The van der Waals surface area contributed by atoms with Gasteiger partial charge in [-0.25, -0.2) is 9.82 Å². The van der Waals surface area contributed by atoms with Crippen molar-refractivity contribution in [1.82, 2.24) is 9.99 Å². The number of rotatable bonds is 4. The average Bonchev–Trinajstić information content (AvgIpc) is 3.06. The molecule has 1 aromatic heterocycles. The first-order valence-electron chi connectivity index (χ1n) is 9.73. The van der Waals surface area contributed by atoms with Gasteiger partial charge in [0.25, 0.3) is 5.91 Å². The van der Waals surface area contributed by atoms with Gasteiger partial charge in [-0.3, -0.25) is 4.79 Å². The van der Waals surface area contributed by atoms with Crippen molar-refractivity contribution in [2.75, 3.05) is 0 Å². The SMILES string of the molecule is CC(=NNC(=O)c1cc(C)n(-c2ccc(F)cc2)c1C)c1ccc2ccccc2c1. The van der Waals surface area contributed by atoms with E-state index in [0.717, 1.165) is 39.1 Å². The van der Waals surface area contributed by atoms with E-state index < -0.39 is 0 Å². The van der Waals surface area contributed by atoms with Crippen LogP contribution in [0.15, 0.2) is 77.9 Å². The Labute approximate surface area is 174 Å². The number of amides is 1. The Morgan fingerprint density at radius 1 is 0.933 bits per heavy atom. The zero-order valence-corrected chi connectivity index (χ0v) is 17.1. The predicted molar refractivity (Wildman–Crippen MR) is 119 cm³/mol. The van der Waals surface area contributed by atoms with Crippen LogP contribution >= 0.6 is 0 Å². The van der Waals surface area contributed by atoms with Crippen molar-refractivity contribution >= 4 is 22.4 Å². The normalized spacial score (nSPS) is 11.7. The number of carbonyl (C=O) groups is 1. The molecule has 5 heteroatoms. The summed E-state index contributed by atoms with van der Waals surface area (Å²) in [6, 6.07) is 22.2. The summed E-state index contributed by atoms with van der Waals surface area (Å²) in [7, 11) is 0. The summed E-state index contributed by atoms with van der Waals surface area (Å²) in [5.74, 6) is -0.575. The van der Waals surface area contributed by atoms with Gasteiger partial charge in [-0.05, 0) is 73.5 Å². The van der Waals surface area contributed by atoms with Crippen molar-refractivity contribution in [3.8, 4) is 5.69 Å². The molecular weight excluding hydrogens is 377 g/mol. The number of hydrogen-bond donors (Lipinski definition) is 1. The van der Waals surface area contributed by atoms with Crippen molar-refractivity contribution in [2.45, 2.75) is 20.8 Å². The fourth-order valence-corrected chi connectivity index (χ4v) is 3.65. The number of nitrogens with one attached hydrogen (secondary N) is 1. The van der Waals surface area contributed by atoms with E-state index in [1.165, 1.54) is 12.1 Å². The highest BCUT2D eigenvalue weighted by Crippen LogP contribution is 2.21. The molecule has 150 valence electrons.